The Hall–Kier alpha value is -2.55. The molecule has 0 unspecified atom stereocenters. The summed E-state index contributed by atoms with van der Waals surface area (Å²) in [6, 6.07) is 1.14. The van der Waals surface area contributed by atoms with Gasteiger partial charge in [0.1, 0.15) is 6.04 Å². The maximum Gasteiger partial charge on any atom is 0.326 e. The first-order chi connectivity index (χ1) is 9.36. The minimum absolute atomic E-state index is 0.212. The van der Waals surface area contributed by atoms with Gasteiger partial charge < -0.3 is 15.5 Å². The molecule has 0 saturated heterocycles. The third-order valence-corrected chi connectivity index (χ3v) is 2.43. The van der Waals surface area contributed by atoms with Crippen molar-refractivity contribution in [1.29, 1.82) is 0 Å². The molecule has 0 aromatic heterocycles. The third kappa shape index (κ3) is 3.72. The zero-order valence-corrected chi connectivity index (χ0v) is 10.1. The van der Waals surface area contributed by atoms with Gasteiger partial charge in [0.05, 0.1) is 4.92 Å². The standard InChI is InChI=1S/C11H11FN2O6/c12-7-5-6(1-2-9(7)14(19)20)10(16)13-8(3-4-15)11(17)18/h1-2,5,8,15H,3-4H2,(H,13,16)(H,17,18)/t8-/m0/s1. The summed E-state index contributed by atoms with van der Waals surface area (Å²) in [4.78, 5) is 31.9. The largest absolute Gasteiger partial charge is 0.480 e. The molecular formula is C11H11FN2O6. The van der Waals surface area contributed by atoms with Crippen molar-refractivity contribution in [3.63, 3.8) is 0 Å². The molecular weight excluding hydrogens is 275 g/mol. The fourth-order valence-corrected chi connectivity index (χ4v) is 1.42. The Bertz CT molecular complexity index is 548. The molecule has 0 heterocycles. The molecule has 9 heteroatoms. The van der Waals surface area contributed by atoms with Gasteiger partial charge in [-0.2, -0.15) is 4.39 Å². The zero-order chi connectivity index (χ0) is 15.3. The number of aliphatic carboxylic acids is 1. The first-order valence-electron chi connectivity index (χ1n) is 5.45. The Kier molecular flexibility index (Phi) is 5.09. The third-order valence-electron chi connectivity index (χ3n) is 2.43. The second kappa shape index (κ2) is 6.57. The van der Waals surface area contributed by atoms with E-state index in [0.29, 0.717) is 6.07 Å². The van der Waals surface area contributed by atoms with Gasteiger partial charge in [0, 0.05) is 24.7 Å². The van der Waals surface area contributed by atoms with Crippen LogP contribution in [0.3, 0.4) is 0 Å². The number of nitrogens with one attached hydrogen (secondary N) is 1. The molecule has 20 heavy (non-hydrogen) atoms. The monoisotopic (exact) mass is 286 g/mol. The SMILES string of the molecule is O=C(N[C@@H](CCO)C(=O)O)c1ccc([N+](=O)[O-])c(F)c1. The molecule has 0 radical (unpaired) electrons. The van der Waals surface area contributed by atoms with E-state index in [2.05, 4.69) is 5.32 Å². The quantitative estimate of drug-likeness (QED) is 0.509. The average molecular weight is 286 g/mol. The molecule has 108 valence electrons. The molecule has 0 bridgehead atoms. The fourth-order valence-electron chi connectivity index (χ4n) is 1.42. The minimum Gasteiger partial charge on any atom is -0.480 e. The highest BCUT2D eigenvalue weighted by molar-refractivity contribution is 5.96. The van der Waals surface area contributed by atoms with Crippen molar-refractivity contribution in [3.8, 4) is 0 Å². The van der Waals surface area contributed by atoms with Crippen molar-refractivity contribution in [1.82, 2.24) is 5.32 Å². The van der Waals surface area contributed by atoms with E-state index in [1.165, 1.54) is 0 Å². The molecule has 1 aromatic carbocycles. The van der Waals surface area contributed by atoms with Crippen molar-refractivity contribution in [3.05, 3.63) is 39.7 Å². The molecule has 8 nitrogen and oxygen atoms in total. The molecule has 3 N–H and O–H groups in total. The van der Waals surface area contributed by atoms with Crippen LogP contribution in [0, 0.1) is 15.9 Å². The summed E-state index contributed by atoms with van der Waals surface area (Å²) in [5, 5.41) is 29.9. The molecule has 1 rings (SSSR count). The molecule has 0 aliphatic heterocycles. The van der Waals surface area contributed by atoms with E-state index in [0.717, 1.165) is 12.1 Å². The second-order valence-electron chi connectivity index (χ2n) is 3.80. The number of rotatable bonds is 6. The molecule has 0 saturated carbocycles. The maximum absolute atomic E-state index is 13.3. The van der Waals surface area contributed by atoms with Crippen LogP contribution in [-0.4, -0.2) is 39.7 Å². The molecule has 0 spiro atoms. The number of nitro groups is 1. The number of hydrogen-bond donors (Lipinski definition) is 3. The molecule has 0 fully saturated rings. The highest BCUT2D eigenvalue weighted by atomic mass is 19.1. The van der Waals surface area contributed by atoms with E-state index < -0.39 is 41.0 Å². The molecule has 1 atom stereocenters. The number of carboxylic acids is 1. The van der Waals surface area contributed by atoms with Crippen LogP contribution in [-0.2, 0) is 4.79 Å². The topological polar surface area (TPSA) is 130 Å². The Morgan fingerprint density at radius 2 is 2.10 bits per heavy atom. The van der Waals surface area contributed by atoms with Crippen molar-refractivity contribution in [2.24, 2.45) is 0 Å². The van der Waals surface area contributed by atoms with E-state index in [9.17, 15) is 24.1 Å². The summed E-state index contributed by atoms with van der Waals surface area (Å²) in [6.45, 7) is -0.453. The van der Waals surface area contributed by atoms with Gasteiger partial charge in [0.25, 0.3) is 5.91 Å². The van der Waals surface area contributed by atoms with Crippen molar-refractivity contribution in [2.45, 2.75) is 12.5 Å². The Labute approximate surface area is 112 Å². The van der Waals surface area contributed by atoms with Crippen molar-refractivity contribution >= 4 is 17.6 Å². The van der Waals surface area contributed by atoms with Crippen LogP contribution in [0.4, 0.5) is 10.1 Å². The van der Waals surface area contributed by atoms with Crippen LogP contribution < -0.4 is 5.32 Å². The summed E-state index contributed by atoms with van der Waals surface area (Å²) >= 11 is 0. The van der Waals surface area contributed by atoms with Gasteiger partial charge >= 0.3 is 11.7 Å². The predicted molar refractivity (Wildman–Crippen MR) is 63.6 cm³/mol. The lowest BCUT2D eigenvalue weighted by Crippen LogP contribution is -2.41. The lowest BCUT2D eigenvalue weighted by atomic mass is 10.1. The van der Waals surface area contributed by atoms with E-state index >= 15 is 0 Å². The zero-order valence-electron chi connectivity index (χ0n) is 10.1. The van der Waals surface area contributed by atoms with Crippen LogP contribution in [0.5, 0.6) is 0 Å². The summed E-state index contributed by atoms with van der Waals surface area (Å²) in [6.07, 6.45) is -0.212. The van der Waals surface area contributed by atoms with Crippen molar-refractivity contribution in [2.75, 3.05) is 6.61 Å². The fraction of sp³-hybridized carbons (Fsp3) is 0.273. The Balaban J connectivity index is 2.90. The second-order valence-corrected chi connectivity index (χ2v) is 3.80. The van der Waals surface area contributed by atoms with E-state index in [-0.39, 0.29) is 12.0 Å². The Morgan fingerprint density at radius 1 is 1.45 bits per heavy atom. The molecule has 0 aliphatic rings. The lowest BCUT2D eigenvalue weighted by Gasteiger charge is -2.13. The smallest absolute Gasteiger partial charge is 0.326 e. The average Bonchev–Trinajstić information content (AvgIpc) is 2.37. The number of hydrogen-bond acceptors (Lipinski definition) is 5. The number of halogens is 1. The molecule has 1 amide bonds. The van der Waals surface area contributed by atoms with Gasteiger partial charge in [-0.25, -0.2) is 4.79 Å². The van der Waals surface area contributed by atoms with Gasteiger partial charge in [-0.15, -0.1) is 0 Å². The highest BCUT2D eigenvalue weighted by Gasteiger charge is 2.22. The van der Waals surface area contributed by atoms with Crippen molar-refractivity contribution < 1.29 is 29.1 Å². The molecule has 0 aliphatic carbocycles. The number of aliphatic hydroxyl groups is 1. The van der Waals surface area contributed by atoms with Crippen LogP contribution >= 0.6 is 0 Å². The van der Waals surface area contributed by atoms with Crippen LogP contribution in [0.15, 0.2) is 18.2 Å². The van der Waals surface area contributed by atoms with Gasteiger partial charge in [-0.1, -0.05) is 0 Å². The van der Waals surface area contributed by atoms with Crippen LogP contribution in [0.2, 0.25) is 0 Å². The summed E-state index contributed by atoms with van der Waals surface area (Å²) in [7, 11) is 0. The lowest BCUT2D eigenvalue weighted by molar-refractivity contribution is -0.387. The number of aliphatic hydroxyl groups excluding tert-OH is 1. The molecule has 1 aromatic rings. The normalized spacial score (nSPS) is 11.7. The number of benzene rings is 1. The number of amides is 1. The maximum atomic E-state index is 13.3. The first-order valence-corrected chi connectivity index (χ1v) is 5.45. The van der Waals surface area contributed by atoms with Crippen LogP contribution in [0.1, 0.15) is 16.8 Å². The highest BCUT2D eigenvalue weighted by Crippen LogP contribution is 2.18. The number of nitrogens with zero attached hydrogens (tertiary/aromatic N) is 1. The minimum atomic E-state index is -1.35. The van der Waals surface area contributed by atoms with Gasteiger partial charge in [0.2, 0.25) is 5.82 Å². The van der Waals surface area contributed by atoms with E-state index in [4.69, 9.17) is 10.2 Å². The van der Waals surface area contributed by atoms with Gasteiger partial charge in [-0.3, -0.25) is 14.9 Å². The Morgan fingerprint density at radius 3 is 2.55 bits per heavy atom. The number of carbonyl (C=O) groups is 2. The number of nitro benzene ring substituents is 1. The predicted octanol–water partition coefficient (Wildman–Crippen LogP) is 0.299. The van der Waals surface area contributed by atoms with Gasteiger partial charge in [-0.05, 0) is 12.1 Å². The number of carboxylic acid groups (broad SMARTS) is 1. The summed E-state index contributed by atoms with van der Waals surface area (Å²) < 4.78 is 13.3. The van der Waals surface area contributed by atoms with Gasteiger partial charge in [0.15, 0.2) is 0 Å². The van der Waals surface area contributed by atoms with E-state index in [1.807, 2.05) is 0 Å². The first kappa shape index (κ1) is 15.5. The van der Waals surface area contributed by atoms with E-state index in [1.54, 1.807) is 0 Å². The summed E-state index contributed by atoms with van der Waals surface area (Å²) in [5.74, 6) is -3.45. The number of carbonyl (C=O) groups excluding carboxylic acids is 1. The summed E-state index contributed by atoms with van der Waals surface area (Å²) in [5.41, 5.74) is -1.04. The van der Waals surface area contributed by atoms with Crippen LogP contribution in [0.25, 0.3) is 0 Å².